The normalized spacial score (nSPS) is 12.4. The van der Waals surface area contributed by atoms with Crippen LogP contribution in [0, 0.1) is 0 Å². The SMILES string of the molecule is CC(C)c1cccc(C(C)C)c1-c1cnn(-c2ccc3oc4ccc5oc6ccc(-c7nccn7-c7c(C(C)C)cccc7C(C)C)cc6c5c4c3c2)c1. The van der Waals surface area contributed by atoms with E-state index in [1.54, 1.807) is 0 Å². The quantitative estimate of drug-likeness (QED) is 0.157. The minimum absolute atomic E-state index is 0.364. The molecule has 0 aliphatic rings. The number of benzene rings is 5. The third kappa shape index (κ3) is 5.38. The van der Waals surface area contributed by atoms with Gasteiger partial charge in [-0.05, 0) is 100 Å². The Morgan fingerprint density at radius 2 is 1.09 bits per heavy atom. The van der Waals surface area contributed by atoms with Crippen LogP contribution in [0.15, 0.2) is 119 Å². The standard InChI is InChI=1S/C48H46N4O2/c1-27(2)34-11-9-12-35(28(3)4)44(34)32-25-50-52(26-32)33-16-18-41-39(24-33)46-43(54-41)20-19-42-45(46)38-23-31(15-17-40(38)53-42)48-49-21-22-51(48)47-36(29(5)6)13-10-14-37(47)30(7)8/h9-30H,1-8H3. The molecule has 6 heteroatoms. The monoisotopic (exact) mass is 710 g/mol. The van der Waals surface area contributed by atoms with Crippen molar-refractivity contribution in [1.82, 2.24) is 19.3 Å². The summed E-state index contributed by atoms with van der Waals surface area (Å²) in [5, 5.41) is 9.04. The molecule has 4 aromatic heterocycles. The fourth-order valence-electron chi connectivity index (χ4n) is 8.37. The van der Waals surface area contributed by atoms with E-state index in [2.05, 4.69) is 145 Å². The lowest BCUT2D eigenvalue weighted by molar-refractivity contribution is 0.663. The first-order valence-electron chi connectivity index (χ1n) is 19.3. The minimum Gasteiger partial charge on any atom is -0.456 e. The summed E-state index contributed by atoms with van der Waals surface area (Å²) in [6, 6.07) is 30.2. The predicted octanol–water partition coefficient (Wildman–Crippen LogP) is 13.7. The Kier molecular flexibility index (Phi) is 8.11. The van der Waals surface area contributed by atoms with E-state index in [-0.39, 0.29) is 0 Å². The molecule has 0 fully saturated rings. The molecule has 0 N–H and O–H groups in total. The maximum absolute atomic E-state index is 6.51. The molecule has 4 heterocycles. The van der Waals surface area contributed by atoms with Crippen molar-refractivity contribution < 1.29 is 8.83 Å². The van der Waals surface area contributed by atoms with E-state index >= 15 is 0 Å². The van der Waals surface area contributed by atoms with Gasteiger partial charge in [0.25, 0.3) is 0 Å². The highest BCUT2D eigenvalue weighted by molar-refractivity contribution is 6.26. The maximum Gasteiger partial charge on any atom is 0.144 e. The molecule has 0 amide bonds. The number of para-hydroxylation sites is 1. The second-order valence-corrected chi connectivity index (χ2v) is 15.9. The maximum atomic E-state index is 6.51. The molecule has 0 aliphatic heterocycles. The summed E-state index contributed by atoms with van der Waals surface area (Å²) >= 11 is 0. The molecule has 0 radical (unpaired) electrons. The van der Waals surface area contributed by atoms with E-state index in [1.807, 2.05) is 29.2 Å². The van der Waals surface area contributed by atoms with Gasteiger partial charge in [0.15, 0.2) is 0 Å². The smallest absolute Gasteiger partial charge is 0.144 e. The lowest BCUT2D eigenvalue weighted by Gasteiger charge is -2.21. The van der Waals surface area contributed by atoms with E-state index in [1.165, 1.54) is 33.5 Å². The lowest BCUT2D eigenvalue weighted by Crippen LogP contribution is -2.07. The van der Waals surface area contributed by atoms with Crippen LogP contribution in [0.25, 0.3) is 77.8 Å². The van der Waals surface area contributed by atoms with Crippen LogP contribution in [0.2, 0.25) is 0 Å². The topological polar surface area (TPSA) is 61.9 Å². The van der Waals surface area contributed by atoms with Crippen molar-refractivity contribution in [2.24, 2.45) is 0 Å². The molecule has 6 nitrogen and oxygen atoms in total. The third-order valence-electron chi connectivity index (χ3n) is 11.0. The first kappa shape index (κ1) is 33.9. The summed E-state index contributed by atoms with van der Waals surface area (Å²) in [6.07, 6.45) is 8.16. The van der Waals surface area contributed by atoms with Gasteiger partial charge in [-0.25, -0.2) is 9.67 Å². The summed E-state index contributed by atoms with van der Waals surface area (Å²) in [7, 11) is 0. The molecule has 0 saturated carbocycles. The van der Waals surface area contributed by atoms with Gasteiger partial charge in [0.1, 0.15) is 28.2 Å². The van der Waals surface area contributed by atoms with Gasteiger partial charge in [-0.3, -0.25) is 4.57 Å². The van der Waals surface area contributed by atoms with Crippen molar-refractivity contribution in [3.05, 3.63) is 132 Å². The number of nitrogens with zero attached hydrogens (tertiary/aromatic N) is 4. The number of fused-ring (bicyclic) bond motifs is 7. The Labute approximate surface area is 316 Å². The summed E-state index contributed by atoms with van der Waals surface area (Å²) in [5.41, 5.74) is 14.3. The molecule has 9 rings (SSSR count). The Morgan fingerprint density at radius 3 is 1.69 bits per heavy atom. The molecular formula is C48H46N4O2. The van der Waals surface area contributed by atoms with Gasteiger partial charge in [-0.2, -0.15) is 5.10 Å². The molecule has 0 bridgehead atoms. The Morgan fingerprint density at radius 1 is 0.556 bits per heavy atom. The van der Waals surface area contributed by atoms with Crippen molar-refractivity contribution >= 4 is 43.9 Å². The van der Waals surface area contributed by atoms with Crippen molar-refractivity contribution in [3.8, 4) is 33.9 Å². The van der Waals surface area contributed by atoms with E-state index in [4.69, 9.17) is 18.9 Å². The molecule has 54 heavy (non-hydrogen) atoms. The van der Waals surface area contributed by atoms with E-state index in [0.717, 1.165) is 66.5 Å². The van der Waals surface area contributed by atoms with Crippen LogP contribution in [0.1, 0.15) is 101 Å². The molecule has 0 saturated heterocycles. The van der Waals surface area contributed by atoms with Crippen LogP contribution >= 0.6 is 0 Å². The Bertz CT molecular complexity index is 2800. The van der Waals surface area contributed by atoms with Crippen molar-refractivity contribution in [3.63, 3.8) is 0 Å². The summed E-state index contributed by atoms with van der Waals surface area (Å²) < 4.78 is 17.3. The van der Waals surface area contributed by atoms with Crippen molar-refractivity contribution in [2.45, 2.75) is 79.1 Å². The molecule has 0 unspecified atom stereocenters. The third-order valence-corrected chi connectivity index (χ3v) is 11.0. The van der Waals surface area contributed by atoms with Gasteiger partial charge in [0.05, 0.1) is 17.6 Å². The molecule has 5 aromatic carbocycles. The fourth-order valence-corrected chi connectivity index (χ4v) is 8.37. The van der Waals surface area contributed by atoms with E-state index in [9.17, 15) is 0 Å². The first-order valence-corrected chi connectivity index (χ1v) is 19.3. The highest BCUT2D eigenvalue weighted by Crippen LogP contribution is 2.43. The molecular weight excluding hydrogens is 665 g/mol. The van der Waals surface area contributed by atoms with Gasteiger partial charge in [-0.1, -0.05) is 91.8 Å². The molecule has 270 valence electrons. The fraction of sp³-hybridized carbons (Fsp3) is 0.250. The summed E-state index contributed by atoms with van der Waals surface area (Å²) in [6.45, 7) is 18.1. The van der Waals surface area contributed by atoms with Gasteiger partial charge < -0.3 is 8.83 Å². The van der Waals surface area contributed by atoms with Crippen LogP contribution in [0.3, 0.4) is 0 Å². The number of hydrogen-bond acceptors (Lipinski definition) is 4. The minimum atomic E-state index is 0.364. The average molecular weight is 711 g/mol. The van der Waals surface area contributed by atoms with Crippen LogP contribution < -0.4 is 0 Å². The van der Waals surface area contributed by atoms with Crippen molar-refractivity contribution in [2.75, 3.05) is 0 Å². The lowest BCUT2D eigenvalue weighted by atomic mass is 9.86. The molecule has 0 spiro atoms. The van der Waals surface area contributed by atoms with Gasteiger partial charge in [-0.15, -0.1) is 0 Å². The number of aromatic nitrogens is 4. The predicted molar refractivity (Wildman–Crippen MR) is 222 cm³/mol. The average Bonchev–Trinajstić information content (AvgIpc) is 3.98. The molecule has 0 aliphatic carbocycles. The number of rotatable bonds is 8. The Balaban J connectivity index is 1.20. The summed E-state index contributed by atoms with van der Waals surface area (Å²) in [5.74, 6) is 2.43. The number of furan rings is 2. The largest absolute Gasteiger partial charge is 0.456 e. The summed E-state index contributed by atoms with van der Waals surface area (Å²) in [4.78, 5) is 4.94. The van der Waals surface area contributed by atoms with E-state index < -0.39 is 0 Å². The van der Waals surface area contributed by atoms with Crippen LogP contribution in [0.4, 0.5) is 0 Å². The molecule has 9 aromatic rings. The Hall–Kier alpha value is -5.88. The highest BCUT2D eigenvalue weighted by atomic mass is 16.3. The second kappa shape index (κ2) is 12.9. The van der Waals surface area contributed by atoms with Crippen LogP contribution in [0.5, 0.6) is 0 Å². The van der Waals surface area contributed by atoms with Crippen LogP contribution in [-0.2, 0) is 0 Å². The van der Waals surface area contributed by atoms with E-state index in [0.29, 0.717) is 23.7 Å². The molecule has 0 atom stereocenters. The van der Waals surface area contributed by atoms with Gasteiger partial charge >= 0.3 is 0 Å². The second-order valence-electron chi connectivity index (χ2n) is 15.9. The zero-order chi connectivity index (χ0) is 37.4. The number of imidazole rings is 1. The van der Waals surface area contributed by atoms with Gasteiger partial charge in [0, 0.05) is 51.3 Å². The number of hydrogen-bond donors (Lipinski definition) is 0. The zero-order valence-electron chi connectivity index (χ0n) is 32.3. The van der Waals surface area contributed by atoms with Crippen molar-refractivity contribution in [1.29, 1.82) is 0 Å². The zero-order valence-corrected chi connectivity index (χ0v) is 32.3. The first-order chi connectivity index (χ1) is 26.1. The van der Waals surface area contributed by atoms with Gasteiger partial charge in [0.2, 0.25) is 0 Å². The highest BCUT2D eigenvalue weighted by Gasteiger charge is 2.22. The van der Waals surface area contributed by atoms with Crippen LogP contribution in [-0.4, -0.2) is 19.3 Å².